The number of anilines is 1. The van der Waals surface area contributed by atoms with Crippen molar-refractivity contribution in [2.24, 2.45) is 5.14 Å². The van der Waals surface area contributed by atoms with Gasteiger partial charge in [-0.05, 0) is 48.9 Å². The summed E-state index contributed by atoms with van der Waals surface area (Å²) in [6.07, 6.45) is 0. The van der Waals surface area contributed by atoms with E-state index in [0.29, 0.717) is 11.1 Å². The van der Waals surface area contributed by atoms with E-state index in [0.717, 1.165) is 5.69 Å². The molecule has 28 heavy (non-hydrogen) atoms. The third-order valence-corrected chi connectivity index (χ3v) is 4.97. The third-order valence-electron chi connectivity index (χ3n) is 4.04. The number of hydrogen-bond acceptors (Lipinski definition) is 6. The van der Waals surface area contributed by atoms with E-state index in [1.807, 2.05) is 19.0 Å². The van der Waals surface area contributed by atoms with Crippen LogP contribution in [0.5, 0.6) is 0 Å². The molecule has 0 saturated heterocycles. The van der Waals surface area contributed by atoms with Gasteiger partial charge in [-0.25, -0.2) is 18.4 Å². The second-order valence-corrected chi connectivity index (χ2v) is 7.98. The van der Waals surface area contributed by atoms with Crippen molar-refractivity contribution in [2.45, 2.75) is 17.9 Å². The van der Waals surface area contributed by atoms with Crippen LogP contribution in [0.3, 0.4) is 0 Å². The number of rotatable bonds is 7. The van der Waals surface area contributed by atoms with E-state index < -0.39 is 34.5 Å². The highest BCUT2D eigenvalue weighted by atomic mass is 32.2. The Bertz CT molecular complexity index is 939. The van der Waals surface area contributed by atoms with Crippen molar-refractivity contribution in [3.05, 3.63) is 59.7 Å². The summed E-state index contributed by atoms with van der Waals surface area (Å²) in [5, 5.41) is 7.74. The number of carbonyl (C=O) groups excluding carboxylic acids is 2. The molecule has 9 heteroatoms. The van der Waals surface area contributed by atoms with Crippen LogP contribution in [0, 0.1) is 0 Å². The first-order chi connectivity index (χ1) is 13.1. The summed E-state index contributed by atoms with van der Waals surface area (Å²) in [6.45, 7) is 1.31. The molecular formula is C19H23N3O5S. The molecule has 0 bridgehead atoms. The summed E-state index contributed by atoms with van der Waals surface area (Å²) in [5.41, 5.74) is 1.98. The van der Waals surface area contributed by atoms with Gasteiger partial charge in [0.1, 0.15) is 0 Å². The van der Waals surface area contributed by atoms with Gasteiger partial charge in [0.2, 0.25) is 10.0 Å². The number of sulfonamides is 1. The van der Waals surface area contributed by atoms with Crippen LogP contribution in [-0.4, -0.2) is 41.0 Å². The molecule has 8 nitrogen and oxygen atoms in total. The summed E-state index contributed by atoms with van der Waals surface area (Å²) in [4.78, 5) is 25.9. The third kappa shape index (κ3) is 5.80. The van der Waals surface area contributed by atoms with E-state index in [9.17, 15) is 18.0 Å². The van der Waals surface area contributed by atoms with Crippen LogP contribution >= 0.6 is 0 Å². The van der Waals surface area contributed by atoms with Gasteiger partial charge in [-0.2, -0.15) is 0 Å². The molecule has 0 aromatic heterocycles. The largest absolute Gasteiger partial charge is 0.452 e. The van der Waals surface area contributed by atoms with Crippen LogP contribution in [0.15, 0.2) is 53.4 Å². The zero-order valence-electron chi connectivity index (χ0n) is 15.9. The first-order valence-electron chi connectivity index (χ1n) is 8.44. The Kier molecular flexibility index (Phi) is 6.76. The molecule has 0 aliphatic rings. The highest BCUT2D eigenvalue weighted by Gasteiger charge is 2.14. The number of ether oxygens (including phenoxy) is 1. The van der Waals surface area contributed by atoms with Crippen molar-refractivity contribution in [1.82, 2.24) is 5.32 Å². The Balaban J connectivity index is 1.88. The fourth-order valence-corrected chi connectivity index (χ4v) is 2.94. The summed E-state index contributed by atoms with van der Waals surface area (Å²) >= 11 is 0. The van der Waals surface area contributed by atoms with E-state index in [1.54, 1.807) is 43.3 Å². The molecule has 2 rings (SSSR count). The Hall–Kier alpha value is -2.91. The molecule has 1 amide bonds. The fourth-order valence-electron chi connectivity index (χ4n) is 2.42. The lowest BCUT2D eigenvalue weighted by Gasteiger charge is -2.15. The highest BCUT2D eigenvalue weighted by Crippen LogP contribution is 2.16. The molecular weight excluding hydrogens is 382 g/mol. The molecule has 0 spiro atoms. The number of benzene rings is 2. The molecule has 0 saturated carbocycles. The minimum Gasteiger partial charge on any atom is -0.452 e. The second kappa shape index (κ2) is 8.85. The van der Waals surface area contributed by atoms with Crippen molar-refractivity contribution in [3.8, 4) is 0 Å². The Morgan fingerprint density at radius 2 is 1.64 bits per heavy atom. The number of esters is 1. The van der Waals surface area contributed by atoms with Crippen LogP contribution in [0.1, 0.15) is 28.9 Å². The number of nitrogens with zero attached hydrogens (tertiary/aromatic N) is 1. The first kappa shape index (κ1) is 21.4. The lowest BCUT2D eigenvalue weighted by atomic mass is 10.1. The Morgan fingerprint density at radius 1 is 1.07 bits per heavy atom. The van der Waals surface area contributed by atoms with Gasteiger partial charge in [0.25, 0.3) is 5.91 Å². The standard InChI is InChI=1S/C19H23N3O5S/c1-13(14-6-10-17(11-7-14)28(20,25)26)21-18(23)12-27-19(24)15-4-8-16(9-5-15)22(2)3/h4-11,13H,12H2,1-3H3,(H,21,23)(H2,20,25,26)/t13-/m0/s1. The monoisotopic (exact) mass is 405 g/mol. The maximum Gasteiger partial charge on any atom is 0.338 e. The van der Waals surface area contributed by atoms with Crippen LogP contribution in [0.2, 0.25) is 0 Å². The van der Waals surface area contributed by atoms with Gasteiger partial charge in [0.15, 0.2) is 6.61 Å². The fraction of sp³-hybridized carbons (Fsp3) is 0.263. The van der Waals surface area contributed by atoms with Gasteiger partial charge >= 0.3 is 5.97 Å². The SMILES string of the molecule is C[C@H](NC(=O)COC(=O)c1ccc(N(C)C)cc1)c1ccc(S(N)(=O)=O)cc1. The van der Waals surface area contributed by atoms with E-state index >= 15 is 0 Å². The van der Waals surface area contributed by atoms with Crippen molar-refractivity contribution in [3.63, 3.8) is 0 Å². The molecule has 0 fully saturated rings. The predicted molar refractivity (Wildman–Crippen MR) is 105 cm³/mol. The lowest BCUT2D eigenvalue weighted by Crippen LogP contribution is -2.31. The van der Waals surface area contributed by atoms with E-state index in [4.69, 9.17) is 9.88 Å². The van der Waals surface area contributed by atoms with Crippen LogP contribution in [0.25, 0.3) is 0 Å². The van der Waals surface area contributed by atoms with Crippen molar-refractivity contribution >= 4 is 27.6 Å². The molecule has 0 unspecified atom stereocenters. The molecule has 0 aliphatic carbocycles. The average Bonchev–Trinajstić information content (AvgIpc) is 2.65. The number of nitrogens with one attached hydrogen (secondary N) is 1. The smallest absolute Gasteiger partial charge is 0.338 e. The Morgan fingerprint density at radius 3 is 2.14 bits per heavy atom. The summed E-state index contributed by atoms with van der Waals surface area (Å²) < 4.78 is 27.6. The minimum absolute atomic E-state index is 0.0102. The number of nitrogens with two attached hydrogens (primary N) is 1. The second-order valence-electron chi connectivity index (χ2n) is 6.42. The number of primary sulfonamides is 1. The average molecular weight is 405 g/mol. The van der Waals surface area contributed by atoms with Gasteiger partial charge in [0, 0.05) is 19.8 Å². The van der Waals surface area contributed by atoms with Crippen molar-refractivity contribution in [2.75, 3.05) is 25.6 Å². The molecule has 1 atom stereocenters. The van der Waals surface area contributed by atoms with Crippen LogP contribution in [-0.2, 0) is 19.6 Å². The van der Waals surface area contributed by atoms with Gasteiger partial charge < -0.3 is 15.0 Å². The summed E-state index contributed by atoms with van der Waals surface area (Å²) in [5.74, 6) is -1.06. The minimum atomic E-state index is -3.77. The Labute approximate surface area is 164 Å². The van der Waals surface area contributed by atoms with Crippen molar-refractivity contribution < 1.29 is 22.7 Å². The number of hydrogen-bond donors (Lipinski definition) is 2. The molecule has 150 valence electrons. The topological polar surface area (TPSA) is 119 Å². The van der Waals surface area contributed by atoms with Crippen LogP contribution < -0.4 is 15.4 Å². The van der Waals surface area contributed by atoms with Crippen molar-refractivity contribution in [1.29, 1.82) is 0 Å². The first-order valence-corrected chi connectivity index (χ1v) is 9.99. The van der Waals surface area contributed by atoms with Gasteiger partial charge in [-0.3, -0.25) is 4.79 Å². The normalized spacial score (nSPS) is 12.1. The van der Waals surface area contributed by atoms with E-state index in [1.165, 1.54) is 12.1 Å². The molecule has 0 aliphatic heterocycles. The quantitative estimate of drug-likeness (QED) is 0.673. The highest BCUT2D eigenvalue weighted by molar-refractivity contribution is 7.89. The van der Waals surface area contributed by atoms with Gasteiger partial charge in [-0.1, -0.05) is 12.1 Å². The summed E-state index contributed by atoms with van der Waals surface area (Å²) in [6, 6.07) is 12.3. The zero-order chi connectivity index (χ0) is 20.9. The van der Waals surface area contributed by atoms with Gasteiger partial charge in [0.05, 0.1) is 16.5 Å². The number of carbonyl (C=O) groups is 2. The van der Waals surface area contributed by atoms with E-state index in [2.05, 4.69) is 5.32 Å². The lowest BCUT2D eigenvalue weighted by molar-refractivity contribution is -0.124. The molecule has 2 aromatic rings. The zero-order valence-corrected chi connectivity index (χ0v) is 16.7. The summed E-state index contributed by atoms with van der Waals surface area (Å²) in [7, 11) is 0.0125. The maximum absolute atomic E-state index is 12.0. The van der Waals surface area contributed by atoms with E-state index in [-0.39, 0.29) is 4.90 Å². The number of amides is 1. The molecule has 0 radical (unpaired) electrons. The maximum atomic E-state index is 12.0. The van der Waals surface area contributed by atoms with Crippen LogP contribution in [0.4, 0.5) is 5.69 Å². The molecule has 3 N–H and O–H groups in total. The molecule has 0 heterocycles. The predicted octanol–water partition coefficient (Wildman–Crippen LogP) is 1.43. The molecule has 2 aromatic carbocycles. The van der Waals surface area contributed by atoms with Gasteiger partial charge in [-0.15, -0.1) is 0 Å².